The quantitative estimate of drug-likeness (QED) is 0.804. The van der Waals surface area contributed by atoms with Crippen LogP contribution in [-0.2, 0) is 6.54 Å². The van der Waals surface area contributed by atoms with Crippen LogP contribution in [0.2, 0.25) is 0 Å². The minimum absolute atomic E-state index is 0.0170. The van der Waals surface area contributed by atoms with Crippen molar-refractivity contribution in [1.82, 2.24) is 9.78 Å². The lowest BCUT2D eigenvalue weighted by Crippen LogP contribution is -2.11. The average Bonchev–Trinajstić information content (AvgIpc) is 2.42. The van der Waals surface area contributed by atoms with Crippen molar-refractivity contribution in [2.45, 2.75) is 39.8 Å². The number of alkyl halides is 1. The standard InChI is InChI=1S/C10H18FN3/c1-4-9(12)10-7(2)13-14(6-5-11)8(10)3/h9H,4-6,12H2,1-3H3. The van der Waals surface area contributed by atoms with E-state index in [0.717, 1.165) is 23.4 Å². The van der Waals surface area contributed by atoms with Crippen LogP contribution in [0.5, 0.6) is 0 Å². The summed E-state index contributed by atoms with van der Waals surface area (Å²) in [6, 6.07) is 0.0170. The second-order valence-corrected chi connectivity index (χ2v) is 3.51. The van der Waals surface area contributed by atoms with Crippen LogP contribution in [0, 0.1) is 13.8 Å². The zero-order valence-corrected chi connectivity index (χ0v) is 9.05. The van der Waals surface area contributed by atoms with E-state index in [2.05, 4.69) is 5.10 Å². The summed E-state index contributed by atoms with van der Waals surface area (Å²) >= 11 is 0. The minimum Gasteiger partial charge on any atom is -0.324 e. The number of nitrogens with two attached hydrogens (primary N) is 1. The molecule has 0 radical (unpaired) electrons. The van der Waals surface area contributed by atoms with Gasteiger partial charge >= 0.3 is 0 Å². The Labute approximate surface area is 84.1 Å². The van der Waals surface area contributed by atoms with Crippen LogP contribution >= 0.6 is 0 Å². The van der Waals surface area contributed by atoms with E-state index in [1.165, 1.54) is 0 Å². The normalized spacial score (nSPS) is 13.2. The maximum absolute atomic E-state index is 12.2. The number of halogens is 1. The van der Waals surface area contributed by atoms with Gasteiger partial charge in [0.15, 0.2) is 0 Å². The first-order valence-electron chi connectivity index (χ1n) is 4.97. The monoisotopic (exact) mass is 199 g/mol. The summed E-state index contributed by atoms with van der Waals surface area (Å²) < 4.78 is 13.9. The van der Waals surface area contributed by atoms with E-state index in [1.54, 1.807) is 4.68 Å². The van der Waals surface area contributed by atoms with Crippen molar-refractivity contribution in [3.8, 4) is 0 Å². The number of hydrogen-bond acceptors (Lipinski definition) is 2. The highest BCUT2D eigenvalue weighted by atomic mass is 19.1. The van der Waals surface area contributed by atoms with Crippen LogP contribution in [0.25, 0.3) is 0 Å². The molecular weight excluding hydrogens is 181 g/mol. The fourth-order valence-corrected chi connectivity index (χ4v) is 1.75. The van der Waals surface area contributed by atoms with Crippen molar-refractivity contribution in [3.05, 3.63) is 17.0 Å². The third-order valence-corrected chi connectivity index (χ3v) is 2.54. The summed E-state index contributed by atoms with van der Waals surface area (Å²) in [7, 11) is 0. The summed E-state index contributed by atoms with van der Waals surface area (Å²) in [4.78, 5) is 0. The molecule has 0 saturated heterocycles. The molecule has 3 nitrogen and oxygen atoms in total. The summed E-state index contributed by atoms with van der Waals surface area (Å²) in [5, 5.41) is 4.27. The predicted octanol–water partition coefficient (Wildman–Crippen LogP) is 1.88. The fourth-order valence-electron chi connectivity index (χ4n) is 1.75. The van der Waals surface area contributed by atoms with E-state index >= 15 is 0 Å². The van der Waals surface area contributed by atoms with Gasteiger partial charge in [0.25, 0.3) is 0 Å². The number of hydrogen-bond donors (Lipinski definition) is 1. The van der Waals surface area contributed by atoms with E-state index in [1.807, 2.05) is 20.8 Å². The molecule has 1 aromatic heterocycles. The molecule has 0 aliphatic heterocycles. The zero-order chi connectivity index (χ0) is 10.7. The molecule has 1 atom stereocenters. The molecule has 0 bridgehead atoms. The van der Waals surface area contributed by atoms with Crippen molar-refractivity contribution in [1.29, 1.82) is 0 Å². The molecule has 0 spiro atoms. The van der Waals surface area contributed by atoms with Crippen LogP contribution in [0.15, 0.2) is 0 Å². The topological polar surface area (TPSA) is 43.8 Å². The van der Waals surface area contributed by atoms with Crippen LogP contribution in [0.1, 0.15) is 36.3 Å². The Bertz CT molecular complexity index is 307. The van der Waals surface area contributed by atoms with E-state index in [9.17, 15) is 4.39 Å². The molecule has 1 unspecified atom stereocenters. The Morgan fingerprint density at radius 1 is 1.50 bits per heavy atom. The average molecular weight is 199 g/mol. The molecule has 0 aromatic carbocycles. The molecule has 4 heteroatoms. The van der Waals surface area contributed by atoms with Crippen molar-refractivity contribution in [3.63, 3.8) is 0 Å². The van der Waals surface area contributed by atoms with E-state index in [-0.39, 0.29) is 12.7 Å². The van der Waals surface area contributed by atoms with E-state index < -0.39 is 0 Å². The maximum Gasteiger partial charge on any atom is 0.109 e. The Hall–Kier alpha value is -0.900. The Balaban J connectivity index is 3.04. The number of nitrogens with zero attached hydrogens (tertiary/aromatic N) is 2. The molecule has 0 aliphatic rings. The molecule has 0 fully saturated rings. The molecule has 0 aliphatic carbocycles. The van der Waals surface area contributed by atoms with Crippen LogP contribution in [0.4, 0.5) is 4.39 Å². The fraction of sp³-hybridized carbons (Fsp3) is 0.700. The lowest BCUT2D eigenvalue weighted by molar-refractivity contribution is 0.421. The van der Waals surface area contributed by atoms with E-state index in [0.29, 0.717) is 6.54 Å². The van der Waals surface area contributed by atoms with Gasteiger partial charge in [-0.2, -0.15) is 5.10 Å². The lowest BCUT2D eigenvalue weighted by atomic mass is 10.0. The molecule has 0 saturated carbocycles. The predicted molar refractivity (Wildman–Crippen MR) is 54.9 cm³/mol. The van der Waals surface area contributed by atoms with Gasteiger partial charge in [0, 0.05) is 17.3 Å². The third kappa shape index (κ3) is 1.95. The van der Waals surface area contributed by atoms with Gasteiger partial charge in [-0.1, -0.05) is 6.92 Å². The second kappa shape index (κ2) is 4.55. The van der Waals surface area contributed by atoms with Gasteiger partial charge in [-0.05, 0) is 20.3 Å². The van der Waals surface area contributed by atoms with Crippen molar-refractivity contribution >= 4 is 0 Å². The number of aromatic nitrogens is 2. The highest BCUT2D eigenvalue weighted by Crippen LogP contribution is 2.21. The van der Waals surface area contributed by atoms with E-state index in [4.69, 9.17) is 5.73 Å². The first kappa shape index (κ1) is 11.2. The highest BCUT2D eigenvalue weighted by Gasteiger charge is 2.15. The van der Waals surface area contributed by atoms with Crippen LogP contribution in [0.3, 0.4) is 0 Å². The molecule has 1 rings (SSSR count). The molecular formula is C10H18FN3. The zero-order valence-electron chi connectivity index (χ0n) is 9.05. The van der Waals surface area contributed by atoms with Crippen molar-refractivity contribution < 1.29 is 4.39 Å². The maximum atomic E-state index is 12.2. The number of rotatable bonds is 4. The molecule has 2 N–H and O–H groups in total. The second-order valence-electron chi connectivity index (χ2n) is 3.51. The van der Waals surface area contributed by atoms with Gasteiger partial charge < -0.3 is 5.73 Å². The SMILES string of the molecule is CCC(N)c1c(C)nn(CCF)c1C. The van der Waals surface area contributed by atoms with Gasteiger partial charge in [0.05, 0.1) is 12.2 Å². The van der Waals surface area contributed by atoms with Gasteiger partial charge in [-0.15, -0.1) is 0 Å². The van der Waals surface area contributed by atoms with Gasteiger partial charge in [-0.3, -0.25) is 4.68 Å². The smallest absolute Gasteiger partial charge is 0.109 e. The van der Waals surface area contributed by atoms with Crippen molar-refractivity contribution in [2.24, 2.45) is 5.73 Å². The van der Waals surface area contributed by atoms with Gasteiger partial charge in [-0.25, -0.2) is 4.39 Å². The number of aryl methyl sites for hydroxylation is 2. The summed E-state index contributed by atoms with van der Waals surface area (Å²) in [6.45, 7) is 5.84. The third-order valence-electron chi connectivity index (χ3n) is 2.54. The Morgan fingerprint density at radius 3 is 2.64 bits per heavy atom. The first-order chi connectivity index (χ1) is 6.61. The summed E-state index contributed by atoms with van der Waals surface area (Å²) in [6.07, 6.45) is 0.878. The molecule has 0 amide bonds. The molecule has 1 heterocycles. The Morgan fingerprint density at radius 2 is 2.14 bits per heavy atom. The van der Waals surface area contributed by atoms with Crippen molar-refractivity contribution in [2.75, 3.05) is 6.67 Å². The van der Waals surface area contributed by atoms with Gasteiger partial charge in [0.2, 0.25) is 0 Å². The molecule has 14 heavy (non-hydrogen) atoms. The summed E-state index contributed by atoms with van der Waals surface area (Å²) in [5.74, 6) is 0. The van der Waals surface area contributed by atoms with Crippen LogP contribution in [-0.4, -0.2) is 16.5 Å². The van der Waals surface area contributed by atoms with Crippen LogP contribution < -0.4 is 5.73 Å². The highest BCUT2D eigenvalue weighted by molar-refractivity contribution is 5.27. The lowest BCUT2D eigenvalue weighted by Gasteiger charge is -2.09. The largest absolute Gasteiger partial charge is 0.324 e. The summed E-state index contributed by atoms with van der Waals surface area (Å²) in [5.41, 5.74) is 8.95. The minimum atomic E-state index is -0.386. The van der Waals surface area contributed by atoms with Gasteiger partial charge in [0.1, 0.15) is 6.67 Å². The molecule has 80 valence electrons. The first-order valence-corrected chi connectivity index (χ1v) is 4.97. The molecule has 1 aromatic rings. The Kier molecular flexibility index (Phi) is 3.63.